The molecular weight excluding hydrogens is 821 g/mol. The van der Waals surface area contributed by atoms with Crippen LogP contribution in [0.25, 0.3) is 0 Å². The van der Waals surface area contributed by atoms with Crippen molar-refractivity contribution in [3.63, 3.8) is 0 Å². The summed E-state index contributed by atoms with van der Waals surface area (Å²) in [5, 5.41) is 10.6. The summed E-state index contributed by atoms with van der Waals surface area (Å²) in [5.41, 5.74) is -1.18. The zero-order valence-electron chi connectivity index (χ0n) is 45.2. The van der Waals surface area contributed by atoms with Gasteiger partial charge in [0.2, 0.25) is 0 Å². The molecule has 0 heterocycles. The largest absolute Gasteiger partial charge is 0.465 e. The molecule has 1 N–H and O–H groups in total. The number of hydrogen-bond acceptors (Lipinski definition) is 7. The number of ether oxygens (including phenoxy) is 3. The molecule has 7 heteroatoms. The quantitative estimate of drug-likeness (QED) is 0.0368. The first-order chi connectivity index (χ1) is 32.0. The normalized spacial score (nSPS) is 11.9. The van der Waals surface area contributed by atoms with Crippen LogP contribution >= 0.6 is 0 Å². The summed E-state index contributed by atoms with van der Waals surface area (Å²) in [6.07, 6.45) is 49.4. The van der Waals surface area contributed by atoms with E-state index in [4.69, 9.17) is 14.2 Å². The van der Waals surface area contributed by atoms with Gasteiger partial charge in [-0.25, -0.2) is 0 Å². The number of aliphatic hydroxyl groups excluding tert-OH is 1. The smallest absolute Gasteiger partial charge is 0.305 e. The van der Waals surface area contributed by atoms with Gasteiger partial charge in [-0.15, -0.1) is 0 Å². The molecule has 0 radical (unpaired) electrons. The number of carbonyl (C=O) groups is 3. The Balaban J connectivity index is 4.55. The molecule has 0 amide bonds. The molecular formula is C59H114O7. The van der Waals surface area contributed by atoms with E-state index in [2.05, 4.69) is 41.5 Å². The summed E-state index contributed by atoms with van der Waals surface area (Å²) >= 11 is 0. The van der Waals surface area contributed by atoms with Crippen LogP contribution in [-0.2, 0) is 28.6 Å². The van der Waals surface area contributed by atoms with Crippen molar-refractivity contribution < 1.29 is 33.7 Å². The maximum Gasteiger partial charge on any atom is 0.305 e. The second kappa shape index (κ2) is 48.4. The minimum atomic E-state index is -1.18. The van der Waals surface area contributed by atoms with Crippen LogP contribution in [0.4, 0.5) is 0 Å². The van der Waals surface area contributed by atoms with E-state index in [9.17, 15) is 19.5 Å². The molecule has 0 aliphatic heterocycles. The number of carbonyl (C=O) groups excluding carboxylic acids is 3. The van der Waals surface area contributed by atoms with E-state index in [0.29, 0.717) is 19.3 Å². The number of unbranched alkanes of at least 4 members (excludes halogenated alkanes) is 33. The molecule has 7 nitrogen and oxygen atoms in total. The molecule has 0 bridgehead atoms. The van der Waals surface area contributed by atoms with Gasteiger partial charge in [0.15, 0.2) is 0 Å². The minimum Gasteiger partial charge on any atom is -0.465 e. The van der Waals surface area contributed by atoms with Crippen LogP contribution in [0, 0.1) is 23.2 Å². The molecule has 0 spiro atoms. The Kier molecular flexibility index (Phi) is 47.2. The van der Waals surface area contributed by atoms with Crippen molar-refractivity contribution in [3.8, 4) is 0 Å². The van der Waals surface area contributed by atoms with Crippen LogP contribution in [-0.4, -0.2) is 49.4 Å². The molecule has 0 aromatic carbocycles. The summed E-state index contributed by atoms with van der Waals surface area (Å²) in [4.78, 5) is 38.5. The summed E-state index contributed by atoms with van der Waals surface area (Å²) in [7, 11) is 0. The standard InChI is InChI=1S/C59H114O7/c1-53(2)43-37-31-25-19-13-7-10-16-22-28-34-40-46-56(61)64-50-59(49-60,51-65-57(62)47-41-35-29-23-17-11-8-14-20-26-32-38-44-54(3)4)52-66-58(63)48-42-36-30-24-18-12-9-15-21-27-33-39-45-55(5)6/h53-55,60H,7-52H2,1-6H3. The molecule has 0 fully saturated rings. The molecule has 0 saturated heterocycles. The number of hydrogen-bond donors (Lipinski definition) is 1. The first-order valence-corrected chi connectivity index (χ1v) is 29.1. The second-order valence-corrected chi connectivity index (χ2v) is 22.2. The van der Waals surface area contributed by atoms with E-state index < -0.39 is 12.0 Å². The maximum atomic E-state index is 12.8. The summed E-state index contributed by atoms with van der Waals surface area (Å²) in [6, 6.07) is 0. The van der Waals surface area contributed by atoms with Gasteiger partial charge in [-0.2, -0.15) is 0 Å². The summed E-state index contributed by atoms with van der Waals surface area (Å²) in [6.45, 7) is 13.0. The summed E-state index contributed by atoms with van der Waals surface area (Å²) < 4.78 is 17.0. The van der Waals surface area contributed by atoms with Crippen molar-refractivity contribution in [1.82, 2.24) is 0 Å². The van der Waals surface area contributed by atoms with Crippen molar-refractivity contribution >= 4 is 17.9 Å². The highest BCUT2D eigenvalue weighted by molar-refractivity contribution is 5.70. The van der Waals surface area contributed by atoms with Gasteiger partial charge in [0.05, 0.1) is 12.0 Å². The Labute approximate surface area is 411 Å². The third-order valence-corrected chi connectivity index (χ3v) is 13.7. The predicted octanol–water partition coefficient (Wildman–Crippen LogP) is 17.9. The van der Waals surface area contributed by atoms with Gasteiger partial charge in [-0.3, -0.25) is 14.4 Å². The molecule has 66 heavy (non-hydrogen) atoms. The number of aliphatic hydroxyl groups is 1. The topological polar surface area (TPSA) is 99.1 Å². The Morgan fingerprint density at radius 2 is 0.470 bits per heavy atom. The molecule has 0 aliphatic carbocycles. The van der Waals surface area contributed by atoms with Gasteiger partial charge in [-0.1, -0.05) is 273 Å². The lowest BCUT2D eigenvalue weighted by Gasteiger charge is -2.30. The van der Waals surface area contributed by atoms with E-state index in [1.807, 2.05) is 0 Å². The Bertz CT molecular complexity index is 928. The Morgan fingerprint density at radius 1 is 0.303 bits per heavy atom. The SMILES string of the molecule is CC(C)CCCCCCCCCCCCCCC(=O)OCC(CO)(COC(=O)CCCCCCCCCCCCCCC(C)C)COC(=O)CCCCCCCCCCCCCCC(C)C. The van der Waals surface area contributed by atoms with Crippen LogP contribution < -0.4 is 0 Å². The van der Waals surface area contributed by atoms with Crippen molar-refractivity contribution in [2.45, 2.75) is 311 Å². The molecule has 0 rings (SSSR count). The van der Waals surface area contributed by atoms with Crippen LogP contribution in [0.2, 0.25) is 0 Å². The van der Waals surface area contributed by atoms with Crippen molar-refractivity contribution in [1.29, 1.82) is 0 Å². The predicted molar refractivity (Wildman–Crippen MR) is 281 cm³/mol. The van der Waals surface area contributed by atoms with Gasteiger partial charge in [-0.05, 0) is 37.0 Å². The average molecular weight is 936 g/mol. The fourth-order valence-corrected chi connectivity index (χ4v) is 8.95. The number of rotatable bonds is 52. The van der Waals surface area contributed by atoms with Crippen molar-refractivity contribution in [3.05, 3.63) is 0 Å². The van der Waals surface area contributed by atoms with Gasteiger partial charge in [0.1, 0.15) is 19.8 Å². The molecule has 0 aromatic rings. The van der Waals surface area contributed by atoms with E-state index in [1.165, 1.54) is 193 Å². The lowest BCUT2D eigenvalue weighted by Crippen LogP contribution is -2.42. The van der Waals surface area contributed by atoms with E-state index in [-0.39, 0.29) is 37.7 Å². The fourth-order valence-electron chi connectivity index (χ4n) is 8.95. The maximum absolute atomic E-state index is 12.8. The second-order valence-electron chi connectivity index (χ2n) is 22.2. The van der Waals surface area contributed by atoms with Crippen LogP contribution in [0.1, 0.15) is 311 Å². The molecule has 0 aliphatic rings. The fraction of sp³-hybridized carbons (Fsp3) is 0.949. The van der Waals surface area contributed by atoms with Gasteiger partial charge >= 0.3 is 17.9 Å². The van der Waals surface area contributed by atoms with E-state index >= 15 is 0 Å². The van der Waals surface area contributed by atoms with Crippen molar-refractivity contribution in [2.75, 3.05) is 26.4 Å². The summed E-state index contributed by atoms with van der Waals surface area (Å²) in [5.74, 6) is 1.49. The highest BCUT2D eigenvalue weighted by atomic mass is 16.6. The van der Waals surface area contributed by atoms with Crippen LogP contribution in [0.5, 0.6) is 0 Å². The highest BCUT2D eigenvalue weighted by Crippen LogP contribution is 2.23. The van der Waals surface area contributed by atoms with E-state index in [0.717, 1.165) is 75.5 Å². The highest BCUT2D eigenvalue weighted by Gasteiger charge is 2.35. The lowest BCUT2D eigenvalue weighted by atomic mass is 9.92. The molecule has 0 saturated carbocycles. The van der Waals surface area contributed by atoms with Crippen molar-refractivity contribution in [2.24, 2.45) is 23.2 Å². The van der Waals surface area contributed by atoms with Gasteiger partial charge < -0.3 is 19.3 Å². The van der Waals surface area contributed by atoms with Crippen LogP contribution in [0.15, 0.2) is 0 Å². The van der Waals surface area contributed by atoms with Crippen LogP contribution in [0.3, 0.4) is 0 Å². The van der Waals surface area contributed by atoms with Gasteiger partial charge in [0.25, 0.3) is 0 Å². The zero-order valence-corrected chi connectivity index (χ0v) is 45.2. The third-order valence-electron chi connectivity index (χ3n) is 13.7. The Hall–Kier alpha value is -1.63. The monoisotopic (exact) mass is 935 g/mol. The molecule has 0 atom stereocenters. The zero-order chi connectivity index (χ0) is 48.6. The average Bonchev–Trinajstić information content (AvgIpc) is 3.28. The lowest BCUT2D eigenvalue weighted by molar-refractivity contribution is -0.165. The molecule has 392 valence electrons. The Morgan fingerprint density at radius 3 is 0.636 bits per heavy atom. The third kappa shape index (κ3) is 47.4. The van der Waals surface area contributed by atoms with E-state index in [1.54, 1.807) is 0 Å². The first-order valence-electron chi connectivity index (χ1n) is 29.1. The molecule has 0 aromatic heterocycles. The number of esters is 3. The first kappa shape index (κ1) is 64.4. The molecule has 0 unspecified atom stereocenters. The minimum absolute atomic E-state index is 0.156. The van der Waals surface area contributed by atoms with Gasteiger partial charge in [0, 0.05) is 19.3 Å².